The van der Waals surface area contributed by atoms with Gasteiger partial charge in [0.2, 0.25) is 0 Å². The number of hydrogen-bond acceptors (Lipinski definition) is 4. The molecule has 0 fully saturated rings. The van der Waals surface area contributed by atoms with Crippen molar-refractivity contribution in [2.24, 2.45) is 0 Å². The van der Waals surface area contributed by atoms with E-state index >= 15 is 0 Å². The molecule has 0 bridgehead atoms. The maximum Gasteiger partial charge on any atom is 0.297 e. The van der Waals surface area contributed by atoms with Gasteiger partial charge < -0.3 is 4.74 Å². The summed E-state index contributed by atoms with van der Waals surface area (Å²) in [4.78, 5) is 0.162. The van der Waals surface area contributed by atoms with Crippen molar-refractivity contribution in [2.75, 3.05) is 6.61 Å². The molecule has 0 unspecified atom stereocenters. The molecule has 4 aromatic carbocycles. The Kier molecular flexibility index (Phi) is 8.99. The summed E-state index contributed by atoms with van der Waals surface area (Å²) in [5.41, 5.74) is 2.11. The lowest BCUT2D eigenvalue weighted by Crippen LogP contribution is -2.51. The molecular weight excluding hydrogens is 516 g/mol. The van der Waals surface area contributed by atoms with Gasteiger partial charge in [-0.3, -0.25) is 4.18 Å². The zero-order valence-electron chi connectivity index (χ0n) is 24.1. The van der Waals surface area contributed by atoms with E-state index in [1.54, 1.807) is 26.0 Å². The largest absolute Gasteiger partial charge is 0.374 e. The van der Waals surface area contributed by atoms with E-state index < -0.39 is 26.7 Å². The Morgan fingerprint density at radius 2 is 1.05 bits per heavy atom. The quantitative estimate of drug-likeness (QED) is 0.131. The van der Waals surface area contributed by atoms with Crippen LogP contribution >= 0.6 is 0 Å². The first kappa shape index (κ1) is 29.7. The molecule has 210 valence electrons. The predicted molar refractivity (Wildman–Crippen MR) is 162 cm³/mol. The Balaban J connectivity index is 1.63. The van der Waals surface area contributed by atoms with Crippen molar-refractivity contribution >= 4 is 10.1 Å². The van der Waals surface area contributed by atoms with Crippen molar-refractivity contribution in [3.8, 4) is 0 Å². The van der Waals surface area contributed by atoms with Gasteiger partial charge in [-0.15, -0.1) is 0 Å². The third-order valence-electron chi connectivity index (χ3n) is 7.65. The molecule has 0 amide bonds. The standard InChI is InChI=1S/C35H40O4S/c1-6-28-22-24-32(25-23-28)40(36,37)39-33(2,3)26-27-38-34(4,5)35(29-16-10-7-11-17-29,30-18-12-8-13-19-30)31-20-14-9-15-21-31/h7-25H,6,26-27H2,1-5H3. The number of hydrogen-bond donors (Lipinski definition) is 0. The van der Waals surface area contributed by atoms with Gasteiger partial charge in [-0.2, -0.15) is 8.42 Å². The lowest BCUT2D eigenvalue weighted by molar-refractivity contribution is -0.0679. The van der Waals surface area contributed by atoms with Crippen LogP contribution in [-0.4, -0.2) is 26.2 Å². The van der Waals surface area contributed by atoms with E-state index in [1.165, 1.54) is 0 Å². The molecule has 4 rings (SSSR count). The van der Waals surface area contributed by atoms with Crippen LogP contribution in [0, 0.1) is 0 Å². The van der Waals surface area contributed by atoms with Crippen LogP contribution in [0.25, 0.3) is 0 Å². The average molecular weight is 557 g/mol. The zero-order chi connectivity index (χ0) is 28.9. The number of aryl methyl sites for hydroxylation is 1. The molecule has 4 aromatic rings. The Labute approximate surface area is 240 Å². The van der Waals surface area contributed by atoms with Crippen molar-refractivity contribution in [3.05, 3.63) is 138 Å². The van der Waals surface area contributed by atoms with Crippen LogP contribution in [0.4, 0.5) is 0 Å². The molecule has 0 saturated heterocycles. The first-order chi connectivity index (χ1) is 19.0. The molecule has 0 N–H and O–H groups in total. The average Bonchev–Trinajstić information content (AvgIpc) is 2.94. The van der Waals surface area contributed by atoms with Crippen molar-refractivity contribution in [1.29, 1.82) is 0 Å². The second kappa shape index (κ2) is 12.1. The molecule has 0 aliphatic rings. The topological polar surface area (TPSA) is 52.6 Å². The van der Waals surface area contributed by atoms with Gasteiger partial charge in [-0.05, 0) is 68.5 Å². The fourth-order valence-corrected chi connectivity index (χ4v) is 6.79. The lowest BCUT2D eigenvalue weighted by atomic mass is 9.60. The minimum absolute atomic E-state index is 0.162. The summed E-state index contributed by atoms with van der Waals surface area (Å²) in [5, 5.41) is 0. The second-order valence-corrected chi connectivity index (χ2v) is 12.8. The van der Waals surface area contributed by atoms with Gasteiger partial charge in [-0.25, -0.2) is 0 Å². The van der Waals surface area contributed by atoms with E-state index in [9.17, 15) is 8.42 Å². The smallest absolute Gasteiger partial charge is 0.297 e. The van der Waals surface area contributed by atoms with E-state index in [0.29, 0.717) is 13.0 Å². The summed E-state index contributed by atoms with van der Waals surface area (Å²) in [6, 6.07) is 38.2. The predicted octanol–water partition coefficient (Wildman–Crippen LogP) is 7.95. The fourth-order valence-electron chi connectivity index (χ4n) is 5.55. The van der Waals surface area contributed by atoms with Crippen LogP contribution in [0.3, 0.4) is 0 Å². The summed E-state index contributed by atoms with van der Waals surface area (Å²) in [5.74, 6) is 0. The minimum Gasteiger partial charge on any atom is -0.374 e. The molecule has 40 heavy (non-hydrogen) atoms. The third kappa shape index (κ3) is 6.22. The highest BCUT2D eigenvalue weighted by Crippen LogP contribution is 2.49. The highest BCUT2D eigenvalue weighted by atomic mass is 32.2. The van der Waals surface area contributed by atoms with E-state index in [0.717, 1.165) is 28.7 Å². The molecule has 0 aliphatic heterocycles. The summed E-state index contributed by atoms with van der Waals surface area (Å²) in [6.45, 7) is 10.1. The third-order valence-corrected chi connectivity index (χ3v) is 9.17. The Hall–Kier alpha value is -3.25. The summed E-state index contributed by atoms with van der Waals surface area (Å²) < 4.78 is 38.6. The van der Waals surface area contributed by atoms with Crippen molar-refractivity contribution in [1.82, 2.24) is 0 Å². The van der Waals surface area contributed by atoms with Crippen molar-refractivity contribution in [3.63, 3.8) is 0 Å². The van der Waals surface area contributed by atoms with Crippen LogP contribution < -0.4 is 0 Å². The van der Waals surface area contributed by atoms with E-state index in [4.69, 9.17) is 8.92 Å². The lowest BCUT2D eigenvalue weighted by Gasteiger charge is -2.48. The molecular formula is C35H40O4S. The maximum absolute atomic E-state index is 13.1. The number of benzene rings is 4. The van der Waals surface area contributed by atoms with Gasteiger partial charge in [0.15, 0.2) is 0 Å². The molecule has 5 heteroatoms. The zero-order valence-corrected chi connectivity index (χ0v) is 24.9. The van der Waals surface area contributed by atoms with Crippen molar-refractivity contribution < 1.29 is 17.3 Å². The van der Waals surface area contributed by atoms with Crippen LogP contribution in [-0.2, 0) is 30.9 Å². The molecule has 0 radical (unpaired) electrons. The first-order valence-corrected chi connectivity index (χ1v) is 15.3. The van der Waals surface area contributed by atoms with Crippen LogP contribution in [0.2, 0.25) is 0 Å². The first-order valence-electron chi connectivity index (χ1n) is 13.9. The van der Waals surface area contributed by atoms with Crippen LogP contribution in [0.15, 0.2) is 120 Å². The number of ether oxygens (including phenoxy) is 1. The summed E-state index contributed by atoms with van der Waals surface area (Å²) in [6.07, 6.45) is 1.23. The summed E-state index contributed by atoms with van der Waals surface area (Å²) in [7, 11) is -3.92. The van der Waals surface area contributed by atoms with Gasteiger partial charge in [-0.1, -0.05) is 110 Å². The second-order valence-electron chi connectivity index (χ2n) is 11.3. The highest BCUT2D eigenvalue weighted by Gasteiger charge is 2.50. The Morgan fingerprint density at radius 1 is 0.625 bits per heavy atom. The highest BCUT2D eigenvalue weighted by molar-refractivity contribution is 7.86. The maximum atomic E-state index is 13.1. The molecule has 0 heterocycles. The van der Waals surface area contributed by atoms with E-state index in [-0.39, 0.29) is 4.90 Å². The van der Waals surface area contributed by atoms with Crippen LogP contribution in [0.5, 0.6) is 0 Å². The van der Waals surface area contributed by atoms with Gasteiger partial charge in [0, 0.05) is 6.42 Å². The van der Waals surface area contributed by atoms with Crippen LogP contribution in [0.1, 0.15) is 63.3 Å². The van der Waals surface area contributed by atoms with Gasteiger partial charge >= 0.3 is 0 Å². The minimum atomic E-state index is -3.92. The SMILES string of the molecule is CCc1ccc(S(=O)(=O)OC(C)(C)CCOC(C)(C)C(c2ccccc2)(c2ccccc2)c2ccccc2)cc1. The monoisotopic (exact) mass is 556 g/mol. The Morgan fingerprint density at radius 3 is 1.45 bits per heavy atom. The Bertz CT molecular complexity index is 1360. The number of rotatable bonds is 12. The molecule has 0 atom stereocenters. The van der Waals surface area contributed by atoms with E-state index in [2.05, 4.69) is 86.6 Å². The van der Waals surface area contributed by atoms with Gasteiger partial charge in [0.25, 0.3) is 10.1 Å². The van der Waals surface area contributed by atoms with Gasteiger partial charge in [0.1, 0.15) is 0 Å². The molecule has 0 saturated carbocycles. The molecule has 4 nitrogen and oxygen atoms in total. The van der Waals surface area contributed by atoms with E-state index in [1.807, 2.05) is 37.3 Å². The van der Waals surface area contributed by atoms with Gasteiger partial charge in [0.05, 0.1) is 28.1 Å². The molecule has 0 aliphatic carbocycles. The molecule has 0 aromatic heterocycles. The fraction of sp³-hybridized carbons (Fsp3) is 0.314. The summed E-state index contributed by atoms with van der Waals surface area (Å²) >= 11 is 0. The normalized spacial score (nSPS) is 12.8. The van der Waals surface area contributed by atoms with Crippen molar-refractivity contribution in [2.45, 2.75) is 69.0 Å². The molecule has 0 spiro atoms.